The van der Waals surface area contributed by atoms with Crippen LogP contribution in [0.5, 0.6) is 0 Å². The largest absolute Gasteiger partial charge is 0.336 e. The highest BCUT2D eigenvalue weighted by molar-refractivity contribution is 7.98. The number of benzene rings is 3. The zero-order chi connectivity index (χ0) is 27.2. The molecule has 3 aromatic rings. The molecule has 0 bridgehead atoms. The van der Waals surface area contributed by atoms with Crippen molar-refractivity contribution in [1.82, 2.24) is 25.1 Å². The van der Waals surface area contributed by atoms with Gasteiger partial charge >= 0.3 is 6.03 Å². The summed E-state index contributed by atoms with van der Waals surface area (Å²) < 4.78 is 0. The van der Waals surface area contributed by atoms with Crippen LogP contribution < -0.4 is 5.32 Å². The maximum atomic E-state index is 13.8. The van der Waals surface area contributed by atoms with E-state index in [1.165, 1.54) is 5.56 Å². The van der Waals surface area contributed by atoms with Gasteiger partial charge in [-0.05, 0) is 16.7 Å². The summed E-state index contributed by atoms with van der Waals surface area (Å²) in [4.78, 5) is 44.2. The van der Waals surface area contributed by atoms with Crippen molar-refractivity contribution in [3.8, 4) is 0 Å². The zero-order valence-electron chi connectivity index (χ0n) is 22.0. The summed E-state index contributed by atoms with van der Waals surface area (Å²) in [5, 5.41) is 6.25. The molecule has 9 heteroatoms. The number of rotatable bonds is 8. The standard InChI is InChI=1S/C30H33N5O3S/c1-32-21-27(36)34-26(35(32)30(38)31-19-23-11-5-2-6-12-23)20-33(17-18-39-22-24-13-7-3-8-14-24)29(37)28(34)25-15-9-4-10-16-25/h2-16,26,28H,17-22H2,1H3,(H,31,38). The molecule has 0 spiro atoms. The van der Waals surface area contributed by atoms with Crippen LogP contribution >= 0.6 is 11.8 Å². The van der Waals surface area contributed by atoms with E-state index < -0.39 is 12.2 Å². The van der Waals surface area contributed by atoms with Crippen molar-refractivity contribution in [1.29, 1.82) is 0 Å². The molecule has 3 aromatic carbocycles. The second-order valence-electron chi connectivity index (χ2n) is 9.72. The number of piperazine rings is 1. The molecule has 2 aliphatic rings. The van der Waals surface area contributed by atoms with Crippen LogP contribution in [0.25, 0.3) is 0 Å². The number of fused-ring (bicyclic) bond motifs is 1. The molecule has 2 aliphatic heterocycles. The normalized spacial score (nSPS) is 19.7. The molecule has 1 N–H and O–H groups in total. The number of hydrogen-bond donors (Lipinski definition) is 1. The second-order valence-corrected chi connectivity index (χ2v) is 10.8. The fourth-order valence-corrected chi connectivity index (χ4v) is 6.07. The first-order chi connectivity index (χ1) is 19.0. The highest BCUT2D eigenvalue weighted by Gasteiger charge is 2.51. The molecule has 2 heterocycles. The van der Waals surface area contributed by atoms with Gasteiger partial charge in [-0.25, -0.2) is 14.8 Å². The maximum absolute atomic E-state index is 13.8. The molecule has 0 aliphatic carbocycles. The fraction of sp³-hybridized carbons (Fsp3) is 0.300. The van der Waals surface area contributed by atoms with Crippen molar-refractivity contribution >= 4 is 29.6 Å². The molecule has 202 valence electrons. The average molecular weight is 544 g/mol. The van der Waals surface area contributed by atoms with Gasteiger partial charge in [0.2, 0.25) is 11.8 Å². The van der Waals surface area contributed by atoms with Crippen LogP contribution in [0, 0.1) is 0 Å². The van der Waals surface area contributed by atoms with E-state index in [-0.39, 0.29) is 30.9 Å². The van der Waals surface area contributed by atoms with E-state index in [0.29, 0.717) is 13.1 Å². The van der Waals surface area contributed by atoms with Gasteiger partial charge in [-0.2, -0.15) is 11.8 Å². The molecule has 2 unspecified atom stereocenters. The molecular formula is C30H33N5O3S. The van der Waals surface area contributed by atoms with Crippen LogP contribution in [0.4, 0.5) is 4.79 Å². The smallest absolute Gasteiger partial charge is 0.334 e. The first-order valence-electron chi connectivity index (χ1n) is 13.1. The van der Waals surface area contributed by atoms with Gasteiger partial charge in [0.1, 0.15) is 12.2 Å². The first kappa shape index (κ1) is 26.8. The van der Waals surface area contributed by atoms with E-state index in [4.69, 9.17) is 0 Å². The van der Waals surface area contributed by atoms with Crippen LogP contribution in [0.3, 0.4) is 0 Å². The number of nitrogens with zero attached hydrogens (tertiary/aromatic N) is 4. The van der Waals surface area contributed by atoms with Crippen LogP contribution in [0.1, 0.15) is 22.7 Å². The Morgan fingerprint density at radius 2 is 1.51 bits per heavy atom. The van der Waals surface area contributed by atoms with Crippen LogP contribution in [-0.4, -0.2) is 76.3 Å². The van der Waals surface area contributed by atoms with E-state index in [1.54, 1.807) is 38.6 Å². The number of hydrazine groups is 1. The van der Waals surface area contributed by atoms with E-state index in [0.717, 1.165) is 22.6 Å². The van der Waals surface area contributed by atoms with Gasteiger partial charge in [0.05, 0.1) is 13.1 Å². The van der Waals surface area contributed by atoms with Crippen LogP contribution in [-0.2, 0) is 21.9 Å². The lowest BCUT2D eigenvalue weighted by atomic mass is 9.99. The van der Waals surface area contributed by atoms with Crippen molar-refractivity contribution in [2.45, 2.75) is 24.5 Å². The van der Waals surface area contributed by atoms with Gasteiger partial charge in [-0.15, -0.1) is 0 Å². The second kappa shape index (κ2) is 12.4. The highest BCUT2D eigenvalue weighted by atomic mass is 32.2. The molecule has 0 radical (unpaired) electrons. The third-order valence-electron chi connectivity index (χ3n) is 7.06. The minimum Gasteiger partial charge on any atom is -0.336 e. The summed E-state index contributed by atoms with van der Waals surface area (Å²) in [6.07, 6.45) is -0.617. The zero-order valence-corrected chi connectivity index (χ0v) is 22.8. The molecule has 2 atom stereocenters. The van der Waals surface area contributed by atoms with Crippen molar-refractivity contribution < 1.29 is 14.4 Å². The molecule has 0 saturated carbocycles. The summed E-state index contributed by atoms with van der Waals surface area (Å²) in [7, 11) is 1.74. The number of likely N-dealkylation sites (N-methyl/N-ethyl adjacent to an activating group) is 1. The monoisotopic (exact) mass is 543 g/mol. The lowest BCUT2D eigenvalue weighted by molar-refractivity contribution is -0.187. The first-order valence-corrected chi connectivity index (χ1v) is 14.3. The Hall–Kier alpha value is -3.82. The van der Waals surface area contributed by atoms with E-state index in [2.05, 4.69) is 17.4 Å². The SMILES string of the molecule is CN1CC(=O)N2C(c3ccccc3)C(=O)N(CCSCc3ccccc3)CC2N1C(=O)NCc1ccccc1. The number of carbonyl (C=O) groups excluding carboxylic acids is 3. The average Bonchev–Trinajstić information content (AvgIpc) is 2.96. The number of hydrogen-bond acceptors (Lipinski definition) is 5. The topological polar surface area (TPSA) is 76.2 Å². The number of amides is 4. The fourth-order valence-electron chi connectivity index (χ4n) is 5.15. The lowest BCUT2D eigenvalue weighted by Crippen LogP contribution is -2.73. The molecule has 5 rings (SSSR count). The van der Waals surface area contributed by atoms with Gasteiger partial charge in [0.15, 0.2) is 0 Å². The Kier molecular flexibility index (Phi) is 8.48. The lowest BCUT2D eigenvalue weighted by Gasteiger charge is -2.54. The summed E-state index contributed by atoms with van der Waals surface area (Å²) in [5.74, 6) is 1.32. The van der Waals surface area contributed by atoms with Crippen LogP contribution in [0.15, 0.2) is 91.0 Å². The van der Waals surface area contributed by atoms with Crippen molar-refractivity contribution in [3.63, 3.8) is 0 Å². The summed E-state index contributed by atoms with van der Waals surface area (Å²) in [6, 6.07) is 28.2. The summed E-state index contributed by atoms with van der Waals surface area (Å²) in [6.45, 7) is 1.16. The third-order valence-corrected chi connectivity index (χ3v) is 8.07. The molecule has 2 fully saturated rings. The predicted molar refractivity (Wildman–Crippen MR) is 152 cm³/mol. The third kappa shape index (κ3) is 6.10. The number of nitrogens with one attached hydrogen (secondary N) is 1. The number of carbonyl (C=O) groups is 3. The minimum atomic E-state index is -0.783. The summed E-state index contributed by atoms with van der Waals surface area (Å²) >= 11 is 1.76. The number of thioether (sulfide) groups is 1. The molecular weight excluding hydrogens is 510 g/mol. The Labute approximate surface area is 233 Å². The summed E-state index contributed by atoms with van der Waals surface area (Å²) in [5.41, 5.74) is 2.97. The Morgan fingerprint density at radius 3 is 2.18 bits per heavy atom. The van der Waals surface area contributed by atoms with E-state index in [1.807, 2.05) is 78.9 Å². The van der Waals surface area contributed by atoms with Crippen molar-refractivity contribution in [2.24, 2.45) is 0 Å². The van der Waals surface area contributed by atoms with Gasteiger partial charge in [0, 0.05) is 31.6 Å². The van der Waals surface area contributed by atoms with Gasteiger partial charge in [-0.3, -0.25) is 9.59 Å². The molecule has 0 aromatic heterocycles. The van der Waals surface area contributed by atoms with E-state index >= 15 is 0 Å². The quantitative estimate of drug-likeness (QED) is 0.438. The van der Waals surface area contributed by atoms with Crippen molar-refractivity contribution in [2.75, 3.05) is 32.4 Å². The molecule has 8 nitrogen and oxygen atoms in total. The number of urea groups is 1. The Balaban J connectivity index is 1.36. The predicted octanol–water partition coefficient (Wildman–Crippen LogP) is 3.73. The van der Waals surface area contributed by atoms with Crippen LogP contribution in [0.2, 0.25) is 0 Å². The Bertz CT molecular complexity index is 1280. The van der Waals surface area contributed by atoms with Gasteiger partial charge in [0.25, 0.3) is 0 Å². The highest BCUT2D eigenvalue weighted by Crippen LogP contribution is 2.34. The molecule has 2 saturated heterocycles. The van der Waals surface area contributed by atoms with Gasteiger partial charge < -0.3 is 15.1 Å². The molecule has 39 heavy (non-hydrogen) atoms. The minimum absolute atomic E-state index is 0.0127. The van der Waals surface area contributed by atoms with Gasteiger partial charge in [-0.1, -0.05) is 91.0 Å². The molecule has 4 amide bonds. The van der Waals surface area contributed by atoms with E-state index in [9.17, 15) is 14.4 Å². The maximum Gasteiger partial charge on any atom is 0.334 e. The Morgan fingerprint density at radius 1 is 0.897 bits per heavy atom. The van der Waals surface area contributed by atoms with Crippen molar-refractivity contribution in [3.05, 3.63) is 108 Å².